The molecule has 1 heterocycles. The van der Waals surface area contributed by atoms with Crippen molar-refractivity contribution in [3.8, 4) is 5.75 Å². The summed E-state index contributed by atoms with van der Waals surface area (Å²) in [7, 11) is 0. The molecule has 0 fully saturated rings. The predicted octanol–water partition coefficient (Wildman–Crippen LogP) is 1.16. The minimum Gasteiger partial charge on any atom is -0.428 e. The molecular formula is C17H24N4O4. The van der Waals surface area contributed by atoms with Crippen molar-refractivity contribution in [1.29, 1.82) is 0 Å². The highest BCUT2D eigenvalue weighted by Gasteiger charge is 2.21. The number of Topliss-reactive ketones (excluding diaryl/α,β-unsaturated/α-hetero) is 1. The number of hydrogen-bond acceptors (Lipinski definition) is 7. The molecule has 1 aromatic carbocycles. The number of H-pyrrole nitrogens is 1. The Kier molecular flexibility index (Phi) is 5.46. The molecule has 136 valence electrons. The fourth-order valence-electron chi connectivity index (χ4n) is 2.34. The van der Waals surface area contributed by atoms with Crippen LogP contribution in [0.25, 0.3) is 10.9 Å². The number of ether oxygens (including phenoxy) is 2. The van der Waals surface area contributed by atoms with E-state index in [1.807, 2.05) is 0 Å². The molecule has 0 radical (unpaired) electrons. The third-order valence-corrected chi connectivity index (χ3v) is 3.46. The van der Waals surface area contributed by atoms with Gasteiger partial charge in [0.05, 0.1) is 6.04 Å². The van der Waals surface area contributed by atoms with Crippen LogP contribution in [-0.2, 0) is 16.0 Å². The molecule has 7 N–H and O–H groups in total. The predicted molar refractivity (Wildman–Crippen MR) is 94.0 cm³/mol. The van der Waals surface area contributed by atoms with Crippen LogP contribution in [0.5, 0.6) is 5.75 Å². The topological polar surface area (TPSA) is 146 Å². The van der Waals surface area contributed by atoms with Gasteiger partial charge in [0.2, 0.25) is 0 Å². The van der Waals surface area contributed by atoms with E-state index in [9.17, 15) is 9.59 Å². The summed E-state index contributed by atoms with van der Waals surface area (Å²) in [5.41, 5.74) is 17.6. The van der Waals surface area contributed by atoms with E-state index in [2.05, 4.69) is 4.98 Å². The van der Waals surface area contributed by atoms with Crippen molar-refractivity contribution in [2.24, 2.45) is 17.2 Å². The Labute approximate surface area is 145 Å². The zero-order valence-corrected chi connectivity index (χ0v) is 14.5. The monoisotopic (exact) mass is 348 g/mol. The number of benzene rings is 1. The molecular weight excluding hydrogens is 324 g/mol. The summed E-state index contributed by atoms with van der Waals surface area (Å²) < 4.78 is 10.3. The molecule has 0 aliphatic heterocycles. The van der Waals surface area contributed by atoms with Gasteiger partial charge < -0.3 is 31.7 Å². The lowest BCUT2D eigenvalue weighted by Gasteiger charge is -2.18. The van der Waals surface area contributed by atoms with Gasteiger partial charge in [-0.2, -0.15) is 0 Å². The lowest BCUT2D eigenvalue weighted by Crippen LogP contribution is -2.49. The van der Waals surface area contributed by atoms with Crippen LogP contribution in [0.1, 0.15) is 26.3 Å². The quantitative estimate of drug-likeness (QED) is 0.360. The van der Waals surface area contributed by atoms with Crippen molar-refractivity contribution >= 4 is 22.8 Å². The van der Waals surface area contributed by atoms with Crippen LogP contribution < -0.4 is 21.9 Å². The number of rotatable bonds is 5. The summed E-state index contributed by atoms with van der Waals surface area (Å²) in [6.45, 7) is 5.26. The first kappa shape index (κ1) is 18.9. The van der Waals surface area contributed by atoms with Crippen LogP contribution in [0, 0.1) is 0 Å². The van der Waals surface area contributed by atoms with Crippen LogP contribution in [0.3, 0.4) is 0 Å². The van der Waals surface area contributed by atoms with Gasteiger partial charge in [0, 0.05) is 17.1 Å². The van der Waals surface area contributed by atoms with Gasteiger partial charge in [-0.25, -0.2) is 4.79 Å². The van der Waals surface area contributed by atoms with Gasteiger partial charge in [0.25, 0.3) is 0 Å². The fourth-order valence-corrected chi connectivity index (χ4v) is 2.34. The number of nitrogens with two attached hydrogens (primary N) is 3. The molecule has 1 aromatic heterocycles. The SMILES string of the molecule is CC(C)(C)OC(=O)Oc1ccc2[nH]cc(C[C@H](N)C(=O)C(N)N)c2c1. The number of aromatic nitrogens is 1. The second-order valence-corrected chi connectivity index (χ2v) is 6.83. The fraction of sp³-hybridized carbons (Fsp3) is 0.412. The smallest absolute Gasteiger partial charge is 0.428 e. The van der Waals surface area contributed by atoms with Crippen LogP contribution in [0.2, 0.25) is 0 Å². The van der Waals surface area contributed by atoms with E-state index in [1.165, 1.54) is 0 Å². The molecule has 0 saturated heterocycles. The van der Waals surface area contributed by atoms with Gasteiger partial charge in [-0.1, -0.05) is 0 Å². The summed E-state index contributed by atoms with van der Waals surface area (Å²) in [4.78, 5) is 26.6. The Balaban J connectivity index is 2.19. The average molecular weight is 348 g/mol. The summed E-state index contributed by atoms with van der Waals surface area (Å²) >= 11 is 0. The van der Waals surface area contributed by atoms with Crippen molar-refractivity contribution in [2.75, 3.05) is 0 Å². The zero-order valence-electron chi connectivity index (χ0n) is 14.5. The van der Waals surface area contributed by atoms with Gasteiger partial charge in [-0.3, -0.25) is 4.79 Å². The first-order valence-corrected chi connectivity index (χ1v) is 7.88. The minimum absolute atomic E-state index is 0.264. The van der Waals surface area contributed by atoms with Crippen LogP contribution >= 0.6 is 0 Å². The highest BCUT2D eigenvalue weighted by atomic mass is 16.7. The first-order chi connectivity index (χ1) is 11.6. The lowest BCUT2D eigenvalue weighted by molar-refractivity contribution is -0.121. The van der Waals surface area contributed by atoms with Crippen molar-refractivity contribution < 1.29 is 19.1 Å². The highest BCUT2D eigenvalue weighted by molar-refractivity contribution is 5.90. The lowest BCUT2D eigenvalue weighted by atomic mass is 10.0. The molecule has 0 aliphatic carbocycles. The van der Waals surface area contributed by atoms with E-state index in [-0.39, 0.29) is 6.42 Å². The molecule has 0 spiro atoms. The van der Waals surface area contributed by atoms with Gasteiger partial charge in [0.1, 0.15) is 17.5 Å². The number of aromatic amines is 1. The normalized spacial score (nSPS) is 13.1. The standard InChI is InChI=1S/C17H24N4O4/c1-17(2,3)25-16(23)24-10-4-5-13-11(7-10)9(8-21-13)6-12(18)14(22)15(19)20/h4-5,7-8,12,15,21H,6,18-20H2,1-3H3/t12-/m0/s1. The van der Waals surface area contributed by atoms with Crippen LogP contribution in [0.4, 0.5) is 4.79 Å². The van der Waals surface area contributed by atoms with Crippen LogP contribution in [0.15, 0.2) is 24.4 Å². The van der Waals surface area contributed by atoms with Crippen molar-refractivity contribution in [2.45, 2.75) is 45.0 Å². The van der Waals surface area contributed by atoms with E-state index in [0.29, 0.717) is 5.75 Å². The molecule has 25 heavy (non-hydrogen) atoms. The molecule has 0 bridgehead atoms. The molecule has 2 aromatic rings. The Morgan fingerprint density at radius 1 is 1.20 bits per heavy atom. The average Bonchev–Trinajstić information content (AvgIpc) is 2.86. The number of ketones is 1. The van der Waals surface area contributed by atoms with E-state index < -0.39 is 29.7 Å². The van der Waals surface area contributed by atoms with Crippen LogP contribution in [-0.4, -0.2) is 34.7 Å². The Bertz CT molecular complexity index is 777. The summed E-state index contributed by atoms with van der Waals surface area (Å²) in [5.74, 6) is -0.0893. The van der Waals surface area contributed by atoms with E-state index >= 15 is 0 Å². The number of fused-ring (bicyclic) bond motifs is 1. The largest absolute Gasteiger partial charge is 0.514 e. The summed E-state index contributed by atoms with van der Waals surface area (Å²) in [5, 5.41) is 0.787. The second kappa shape index (κ2) is 7.22. The molecule has 0 amide bonds. The Hall–Kier alpha value is -2.42. The molecule has 8 nitrogen and oxygen atoms in total. The summed E-state index contributed by atoms with van der Waals surface area (Å²) in [6.07, 6.45) is 0.118. The number of hydrogen-bond donors (Lipinski definition) is 4. The maximum Gasteiger partial charge on any atom is 0.514 e. The Morgan fingerprint density at radius 3 is 2.48 bits per heavy atom. The third kappa shape index (κ3) is 5.02. The van der Waals surface area contributed by atoms with Gasteiger partial charge in [-0.05, 0) is 51.0 Å². The molecule has 0 aliphatic rings. The van der Waals surface area contributed by atoms with Gasteiger partial charge >= 0.3 is 6.16 Å². The molecule has 2 rings (SSSR count). The van der Waals surface area contributed by atoms with Crippen molar-refractivity contribution in [3.63, 3.8) is 0 Å². The van der Waals surface area contributed by atoms with Gasteiger partial charge in [-0.15, -0.1) is 0 Å². The second-order valence-electron chi connectivity index (χ2n) is 6.83. The number of carbonyl (C=O) groups excluding carboxylic acids is 2. The summed E-state index contributed by atoms with van der Waals surface area (Å²) in [6, 6.07) is 4.29. The minimum atomic E-state index is -1.11. The van der Waals surface area contributed by atoms with Crippen molar-refractivity contribution in [1.82, 2.24) is 4.98 Å². The van der Waals surface area contributed by atoms with E-state index in [1.54, 1.807) is 45.2 Å². The number of nitrogens with one attached hydrogen (secondary N) is 1. The van der Waals surface area contributed by atoms with Gasteiger partial charge in [0.15, 0.2) is 5.78 Å². The maximum absolute atomic E-state index is 11.8. The third-order valence-electron chi connectivity index (χ3n) is 3.46. The maximum atomic E-state index is 11.8. The first-order valence-electron chi connectivity index (χ1n) is 7.88. The van der Waals surface area contributed by atoms with E-state index in [0.717, 1.165) is 16.5 Å². The molecule has 1 atom stereocenters. The molecule has 8 heteroatoms. The van der Waals surface area contributed by atoms with E-state index in [4.69, 9.17) is 26.7 Å². The zero-order chi connectivity index (χ0) is 18.8. The molecule has 0 saturated carbocycles. The molecule has 0 unspecified atom stereocenters. The Morgan fingerprint density at radius 2 is 1.88 bits per heavy atom. The van der Waals surface area contributed by atoms with Crippen molar-refractivity contribution in [3.05, 3.63) is 30.0 Å². The highest BCUT2D eigenvalue weighted by Crippen LogP contribution is 2.25. The number of carbonyl (C=O) groups is 2.